The van der Waals surface area contributed by atoms with E-state index in [-0.39, 0.29) is 15.2 Å². The van der Waals surface area contributed by atoms with Gasteiger partial charge in [0.05, 0.1) is 0 Å². The minimum atomic E-state index is -1.19. The lowest BCUT2D eigenvalue weighted by atomic mass is 10.2. The molecule has 1 aromatic heterocycles. The Morgan fingerprint density at radius 3 is 2.47 bits per heavy atom. The zero-order chi connectivity index (χ0) is 13.2. The van der Waals surface area contributed by atoms with Gasteiger partial charge in [0.2, 0.25) is 0 Å². The van der Waals surface area contributed by atoms with Gasteiger partial charge in [-0.15, -0.1) is 0 Å². The molecular weight excluding hydrogens is 268 g/mol. The number of hydrogen-bond acceptors (Lipinski definition) is 5. The lowest BCUT2D eigenvalue weighted by Gasteiger charge is -2.18. The van der Waals surface area contributed by atoms with Crippen molar-refractivity contribution in [3.05, 3.63) is 10.0 Å². The van der Waals surface area contributed by atoms with Gasteiger partial charge in [0.1, 0.15) is 5.60 Å². The summed E-state index contributed by atoms with van der Waals surface area (Å²) in [4.78, 5) is 25.6. The number of hydrogen-bond donors (Lipinski definition) is 2. The van der Waals surface area contributed by atoms with Crippen molar-refractivity contribution in [2.24, 2.45) is 0 Å². The van der Waals surface area contributed by atoms with E-state index in [1.165, 1.54) is 0 Å². The zero-order valence-corrected chi connectivity index (χ0v) is 11.0. The molecule has 0 unspecified atom stereocenters. The molecule has 0 fully saturated rings. The Morgan fingerprint density at radius 1 is 1.47 bits per heavy atom. The van der Waals surface area contributed by atoms with E-state index in [4.69, 9.17) is 21.4 Å². The van der Waals surface area contributed by atoms with Crippen molar-refractivity contribution in [1.29, 1.82) is 0 Å². The zero-order valence-electron chi connectivity index (χ0n) is 9.41. The molecule has 0 spiro atoms. The first-order valence-corrected chi connectivity index (χ1v) is 5.78. The Morgan fingerprint density at radius 2 is 2.06 bits per heavy atom. The molecule has 0 saturated heterocycles. The number of aromatic nitrogens is 1. The lowest BCUT2D eigenvalue weighted by molar-refractivity contribution is 0.0634. The van der Waals surface area contributed by atoms with E-state index in [0.29, 0.717) is 0 Å². The van der Waals surface area contributed by atoms with Crippen molar-refractivity contribution in [2.45, 2.75) is 26.4 Å². The Labute approximate surface area is 107 Å². The predicted molar refractivity (Wildman–Crippen MR) is 63.9 cm³/mol. The summed E-state index contributed by atoms with van der Waals surface area (Å²) in [6.45, 7) is 5.14. The standard InChI is InChI=1S/C9H11ClN2O4S/c1-9(2,3)16-8(15)12-7-11-5(10)4(17-7)6(13)14/h1-3H3,(H,13,14)(H,11,12,15). The van der Waals surface area contributed by atoms with E-state index in [0.717, 1.165) is 11.3 Å². The highest BCUT2D eigenvalue weighted by molar-refractivity contribution is 7.18. The summed E-state index contributed by atoms with van der Waals surface area (Å²) in [5.41, 5.74) is -0.638. The van der Waals surface area contributed by atoms with Crippen LogP contribution in [-0.2, 0) is 4.74 Å². The van der Waals surface area contributed by atoms with Gasteiger partial charge in [-0.1, -0.05) is 22.9 Å². The maximum absolute atomic E-state index is 11.4. The van der Waals surface area contributed by atoms with Gasteiger partial charge in [0, 0.05) is 0 Å². The van der Waals surface area contributed by atoms with Gasteiger partial charge in [-0.3, -0.25) is 5.32 Å². The van der Waals surface area contributed by atoms with Crippen LogP contribution in [0.15, 0.2) is 0 Å². The van der Waals surface area contributed by atoms with E-state index in [9.17, 15) is 9.59 Å². The van der Waals surface area contributed by atoms with E-state index < -0.39 is 17.7 Å². The summed E-state index contributed by atoms with van der Waals surface area (Å²) in [5, 5.41) is 11.0. The van der Waals surface area contributed by atoms with E-state index >= 15 is 0 Å². The second-order valence-electron chi connectivity index (χ2n) is 4.07. The summed E-state index contributed by atoms with van der Waals surface area (Å²) in [5.74, 6) is -1.19. The Kier molecular flexibility index (Phi) is 3.94. The molecule has 0 bridgehead atoms. The summed E-state index contributed by atoms with van der Waals surface area (Å²) >= 11 is 6.35. The largest absolute Gasteiger partial charge is 0.477 e. The van der Waals surface area contributed by atoms with Crippen molar-refractivity contribution < 1.29 is 19.4 Å². The number of halogens is 1. The van der Waals surface area contributed by atoms with Crippen molar-refractivity contribution in [2.75, 3.05) is 5.32 Å². The third kappa shape index (κ3) is 4.20. The monoisotopic (exact) mass is 278 g/mol. The second-order valence-corrected chi connectivity index (χ2v) is 5.43. The molecule has 94 valence electrons. The maximum Gasteiger partial charge on any atom is 0.413 e. The number of ether oxygens (including phenoxy) is 1. The highest BCUT2D eigenvalue weighted by Gasteiger charge is 2.20. The number of rotatable bonds is 2. The number of carbonyl (C=O) groups is 2. The summed E-state index contributed by atoms with van der Waals surface area (Å²) in [7, 11) is 0. The summed E-state index contributed by atoms with van der Waals surface area (Å²) < 4.78 is 4.98. The number of carbonyl (C=O) groups excluding carboxylic acids is 1. The molecule has 2 N–H and O–H groups in total. The third-order valence-corrected chi connectivity index (χ3v) is 2.73. The van der Waals surface area contributed by atoms with Crippen LogP contribution in [0.25, 0.3) is 0 Å². The molecule has 8 heteroatoms. The molecular formula is C9H11ClN2O4S. The van der Waals surface area contributed by atoms with Crippen LogP contribution in [0.4, 0.5) is 9.93 Å². The van der Waals surface area contributed by atoms with Crippen LogP contribution in [0.3, 0.4) is 0 Å². The molecule has 0 radical (unpaired) electrons. The minimum Gasteiger partial charge on any atom is -0.477 e. The maximum atomic E-state index is 11.4. The molecule has 0 aliphatic rings. The number of thiazole rings is 1. The van der Waals surface area contributed by atoms with Crippen molar-refractivity contribution in [3.8, 4) is 0 Å². The number of nitrogens with one attached hydrogen (secondary N) is 1. The Hall–Kier alpha value is -1.34. The number of carboxylic acid groups (broad SMARTS) is 1. The lowest BCUT2D eigenvalue weighted by Crippen LogP contribution is -2.27. The van der Waals surface area contributed by atoms with E-state index in [2.05, 4.69) is 10.3 Å². The second kappa shape index (κ2) is 4.89. The SMILES string of the molecule is CC(C)(C)OC(=O)Nc1nc(Cl)c(C(=O)O)s1. The Bertz CT molecular complexity index is 452. The van der Waals surface area contributed by atoms with Gasteiger partial charge >= 0.3 is 12.1 Å². The van der Waals surface area contributed by atoms with Crippen LogP contribution >= 0.6 is 22.9 Å². The first kappa shape index (κ1) is 13.7. The van der Waals surface area contributed by atoms with E-state index in [1.807, 2.05) is 0 Å². The van der Waals surface area contributed by atoms with Gasteiger partial charge in [-0.25, -0.2) is 14.6 Å². The third-order valence-electron chi connectivity index (χ3n) is 1.39. The number of aromatic carboxylic acids is 1. The molecule has 0 aliphatic carbocycles. The molecule has 1 rings (SSSR count). The highest BCUT2D eigenvalue weighted by Crippen LogP contribution is 2.27. The number of nitrogens with zero attached hydrogens (tertiary/aromatic N) is 1. The molecule has 0 aliphatic heterocycles. The molecule has 17 heavy (non-hydrogen) atoms. The first-order valence-electron chi connectivity index (χ1n) is 4.58. The van der Waals surface area contributed by atoms with Crippen molar-refractivity contribution in [1.82, 2.24) is 4.98 Å². The van der Waals surface area contributed by atoms with Crippen LogP contribution < -0.4 is 5.32 Å². The Balaban J connectivity index is 2.73. The van der Waals surface area contributed by atoms with Crippen LogP contribution in [-0.4, -0.2) is 27.8 Å². The van der Waals surface area contributed by atoms with Crippen LogP contribution in [0, 0.1) is 0 Å². The van der Waals surface area contributed by atoms with Crippen molar-refractivity contribution >= 4 is 40.1 Å². The van der Waals surface area contributed by atoms with Gasteiger partial charge in [0.25, 0.3) is 0 Å². The molecule has 1 aromatic rings. The van der Waals surface area contributed by atoms with Gasteiger partial charge in [-0.2, -0.15) is 0 Å². The fourth-order valence-electron chi connectivity index (χ4n) is 0.878. The number of anilines is 1. The van der Waals surface area contributed by atoms with Crippen LogP contribution in [0.5, 0.6) is 0 Å². The van der Waals surface area contributed by atoms with Gasteiger partial charge in [0.15, 0.2) is 15.2 Å². The first-order chi connectivity index (χ1) is 7.69. The quantitative estimate of drug-likeness (QED) is 0.868. The average Bonchev–Trinajstić information content (AvgIpc) is 2.42. The predicted octanol–water partition coefficient (Wildman–Crippen LogP) is 2.84. The molecule has 0 saturated carbocycles. The van der Waals surface area contributed by atoms with Gasteiger partial charge < -0.3 is 9.84 Å². The summed E-state index contributed by atoms with van der Waals surface area (Å²) in [6.07, 6.45) is -0.708. The molecule has 0 atom stereocenters. The number of amides is 1. The van der Waals surface area contributed by atoms with Crippen LogP contribution in [0.2, 0.25) is 5.15 Å². The summed E-state index contributed by atoms with van der Waals surface area (Å²) in [6, 6.07) is 0. The molecule has 0 aromatic carbocycles. The number of carboxylic acids is 1. The minimum absolute atomic E-state index is 0.0849. The van der Waals surface area contributed by atoms with Crippen molar-refractivity contribution in [3.63, 3.8) is 0 Å². The average molecular weight is 279 g/mol. The fraction of sp³-hybridized carbons (Fsp3) is 0.444. The molecule has 1 amide bonds. The molecule has 1 heterocycles. The normalized spacial score (nSPS) is 11.1. The highest BCUT2D eigenvalue weighted by atomic mass is 35.5. The fourth-order valence-corrected chi connectivity index (χ4v) is 1.89. The van der Waals surface area contributed by atoms with E-state index in [1.54, 1.807) is 20.8 Å². The molecule has 6 nitrogen and oxygen atoms in total. The topological polar surface area (TPSA) is 88.5 Å². The smallest absolute Gasteiger partial charge is 0.413 e. The van der Waals surface area contributed by atoms with Gasteiger partial charge in [-0.05, 0) is 20.8 Å². The van der Waals surface area contributed by atoms with Crippen LogP contribution in [0.1, 0.15) is 30.4 Å².